The van der Waals surface area contributed by atoms with Gasteiger partial charge in [-0.3, -0.25) is 0 Å². The lowest BCUT2D eigenvalue weighted by atomic mass is 9.86. The fraction of sp³-hybridized carbons (Fsp3) is 0.565. The van der Waals surface area contributed by atoms with Crippen LogP contribution in [-0.4, -0.2) is 48.9 Å². The second-order valence-corrected chi connectivity index (χ2v) is 12.3. The van der Waals surface area contributed by atoms with Crippen molar-refractivity contribution in [3.63, 3.8) is 0 Å². The molecule has 0 saturated heterocycles. The smallest absolute Gasteiger partial charge is 0.407 e. The van der Waals surface area contributed by atoms with E-state index in [4.69, 9.17) is 10.5 Å². The fourth-order valence-electron chi connectivity index (χ4n) is 3.92. The highest BCUT2D eigenvalue weighted by atomic mass is 32.2. The molecule has 0 bridgehead atoms. The number of aromatic nitrogens is 1. The molecule has 2 aromatic rings. The van der Waals surface area contributed by atoms with Gasteiger partial charge in [-0.25, -0.2) is 22.9 Å². The lowest BCUT2D eigenvalue weighted by Gasteiger charge is -2.28. The number of sulfonamides is 1. The standard InChI is InChI=1S/C23H34N4O5S2/c1-14(2)32-22(29)26-17-8-5-15(6-9-17)21-25-12-19(33-21)18-10-7-16(24)11-20(18)34(30,31)27-23(3,4)13-28/h7,10-12,14-15,17,27-28H,5-6,8-9,13,24H2,1-4H3,(H,26,29)/t15-,17-. The molecule has 11 heteroatoms. The first-order valence-corrected chi connectivity index (χ1v) is 13.7. The van der Waals surface area contributed by atoms with Crippen LogP contribution >= 0.6 is 11.3 Å². The van der Waals surface area contributed by atoms with Crippen LogP contribution in [0.5, 0.6) is 0 Å². The number of carbonyl (C=O) groups excluding carboxylic acids is 1. The molecule has 5 N–H and O–H groups in total. The zero-order valence-electron chi connectivity index (χ0n) is 20.0. The average Bonchev–Trinajstić information content (AvgIpc) is 3.23. The van der Waals surface area contributed by atoms with E-state index in [-0.39, 0.29) is 35.7 Å². The number of nitrogen functional groups attached to an aromatic ring is 1. The summed E-state index contributed by atoms with van der Waals surface area (Å²) in [5.74, 6) is 0.248. The number of aliphatic hydroxyl groups is 1. The third kappa shape index (κ3) is 6.68. The van der Waals surface area contributed by atoms with Crippen LogP contribution in [0.25, 0.3) is 10.4 Å². The minimum absolute atomic E-state index is 0.0563. The molecule has 188 valence electrons. The molecular formula is C23H34N4O5S2. The topological polar surface area (TPSA) is 144 Å². The Hall–Kier alpha value is -2.21. The molecule has 1 saturated carbocycles. The van der Waals surface area contributed by atoms with Gasteiger partial charge in [-0.15, -0.1) is 11.3 Å². The number of anilines is 1. The van der Waals surface area contributed by atoms with Crippen LogP contribution in [0, 0.1) is 0 Å². The molecule has 1 aromatic heterocycles. The monoisotopic (exact) mass is 510 g/mol. The summed E-state index contributed by atoms with van der Waals surface area (Å²) in [7, 11) is -3.94. The van der Waals surface area contributed by atoms with Crippen molar-refractivity contribution in [1.29, 1.82) is 0 Å². The highest BCUT2D eigenvalue weighted by Gasteiger charge is 2.30. The number of hydrogen-bond acceptors (Lipinski definition) is 8. The highest BCUT2D eigenvalue weighted by Crippen LogP contribution is 2.39. The summed E-state index contributed by atoms with van der Waals surface area (Å²) in [6, 6.07) is 4.86. The van der Waals surface area contributed by atoms with Crippen molar-refractivity contribution in [3.8, 4) is 10.4 Å². The summed E-state index contributed by atoms with van der Waals surface area (Å²) in [4.78, 5) is 17.2. The van der Waals surface area contributed by atoms with Gasteiger partial charge in [0.2, 0.25) is 10.0 Å². The number of aliphatic hydroxyl groups excluding tert-OH is 1. The van der Waals surface area contributed by atoms with Crippen LogP contribution in [0.3, 0.4) is 0 Å². The first kappa shape index (κ1) is 26.4. The zero-order chi connectivity index (χ0) is 25.1. The van der Waals surface area contributed by atoms with E-state index in [1.165, 1.54) is 17.4 Å². The molecular weight excluding hydrogens is 476 g/mol. The number of ether oxygens (including phenoxy) is 1. The number of hydrogen-bond donors (Lipinski definition) is 4. The third-order valence-electron chi connectivity index (χ3n) is 5.63. The van der Waals surface area contributed by atoms with Gasteiger partial charge in [0.15, 0.2) is 0 Å². The first-order valence-electron chi connectivity index (χ1n) is 11.4. The van der Waals surface area contributed by atoms with Crippen LogP contribution in [0.4, 0.5) is 10.5 Å². The SMILES string of the molecule is CC(C)OC(=O)N[C@H]1CC[C@H](c2ncc(-c3ccc(N)cc3S(=O)(=O)NC(C)(C)CO)s2)CC1. The molecule has 34 heavy (non-hydrogen) atoms. The summed E-state index contributed by atoms with van der Waals surface area (Å²) in [6.45, 7) is 6.50. The number of alkyl carbamates (subject to hydrolysis) is 1. The molecule has 0 atom stereocenters. The molecule has 0 aliphatic heterocycles. The molecule has 1 aliphatic rings. The second-order valence-electron chi connectivity index (χ2n) is 9.61. The normalized spacial score (nSPS) is 19.2. The molecule has 3 rings (SSSR count). The Morgan fingerprint density at radius 3 is 2.59 bits per heavy atom. The van der Waals surface area contributed by atoms with Crippen molar-refractivity contribution in [1.82, 2.24) is 15.0 Å². The van der Waals surface area contributed by atoms with E-state index < -0.39 is 15.6 Å². The lowest BCUT2D eigenvalue weighted by molar-refractivity contribution is 0.109. The van der Waals surface area contributed by atoms with Gasteiger partial charge in [0, 0.05) is 29.4 Å². The number of nitrogens with two attached hydrogens (primary N) is 1. The Kier molecular flexibility index (Phi) is 8.22. The Labute approximate surface area is 205 Å². The average molecular weight is 511 g/mol. The number of nitrogens with zero attached hydrogens (tertiary/aromatic N) is 1. The number of thiazole rings is 1. The van der Waals surface area contributed by atoms with Crippen LogP contribution in [0.15, 0.2) is 29.3 Å². The number of benzene rings is 1. The van der Waals surface area contributed by atoms with Crippen molar-refractivity contribution in [2.24, 2.45) is 0 Å². The van der Waals surface area contributed by atoms with Gasteiger partial charge in [-0.05, 0) is 65.5 Å². The summed E-state index contributed by atoms with van der Waals surface area (Å²) in [5.41, 5.74) is 5.73. The Bertz CT molecular complexity index is 1110. The molecule has 0 radical (unpaired) electrons. The number of carbonyl (C=O) groups is 1. The number of rotatable bonds is 8. The maximum atomic E-state index is 13.1. The first-order chi connectivity index (χ1) is 15.9. The van der Waals surface area contributed by atoms with E-state index in [9.17, 15) is 18.3 Å². The predicted molar refractivity (Wildman–Crippen MR) is 133 cm³/mol. The minimum atomic E-state index is -3.94. The zero-order valence-corrected chi connectivity index (χ0v) is 21.6. The molecule has 0 unspecified atom stereocenters. The van der Waals surface area contributed by atoms with E-state index in [1.54, 1.807) is 32.2 Å². The second kappa shape index (κ2) is 10.6. The molecule has 1 aromatic carbocycles. The Morgan fingerprint density at radius 2 is 1.97 bits per heavy atom. The minimum Gasteiger partial charge on any atom is -0.447 e. The Balaban J connectivity index is 1.75. The summed E-state index contributed by atoms with van der Waals surface area (Å²) in [5, 5.41) is 13.4. The maximum absolute atomic E-state index is 13.1. The molecule has 1 heterocycles. The van der Waals surface area contributed by atoms with Gasteiger partial charge >= 0.3 is 6.09 Å². The van der Waals surface area contributed by atoms with Crippen LogP contribution in [0.1, 0.15) is 64.3 Å². The van der Waals surface area contributed by atoms with Gasteiger partial charge in [-0.1, -0.05) is 6.07 Å². The van der Waals surface area contributed by atoms with Crippen molar-refractivity contribution in [3.05, 3.63) is 29.4 Å². The Morgan fingerprint density at radius 1 is 1.29 bits per heavy atom. The third-order valence-corrected chi connectivity index (χ3v) is 8.56. The predicted octanol–water partition coefficient (Wildman–Crippen LogP) is 3.60. The van der Waals surface area contributed by atoms with E-state index in [2.05, 4.69) is 15.0 Å². The number of amides is 1. The van der Waals surface area contributed by atoms with Gasteiger partial charge in [0.05, 0.1) is 33.0 Å². The molecule has 1 fully saturated rings. The summed E-state index contributed by atoms with van der Waals surface area (Å²) >= 11 is 1.47. The molecule has 0 spiro atoms. The maximum Gasteiger partial charge on any atom is 0.407 e. The lowest BCUT2D eigenvalue weighted by Crippen LogP contribution is -2.46. The van der Waals surface area contributed by atoms with Crippen molar-refractivity contribution < 1.29 is 23.1 Å². The van der Waals surface area contributed by atoms with Crippen LogP contribution in [0.2, 0.25) is 0 Å². The number of nitrogens with one attached hydrogen (secondary N) is 2. The fourth-order valence-corrected chi connectivity index (χ4v) is 6.77. The molecule has 1 amide bonds. The molecule has 1 aliphatic carbocycles. The quantitative estimate of drug-likeness (QED) is 0.397. The van der Waals surface area contributed by atoms with Gasteiger partial charge in [0.1, 0.15) is 0 Å². The molecule has 9 nitrogen and oxygen atoms in total. The summed E-state index contributed by atoms with van der Waals surface area (Å²) < 4.78 is 33.9. The van der Waals surface area contributed by atoms with Gasteiger partial charge in [0.25, 0.3) is 0 Å². The van der Waals surface area contributed by atoms with Crippen molar-refractivity contribution in [2.75, 3.05) is 12.3 Å². The van der Waals surface area contributed by atoms with E-state index in [0.717, 1.165) is 35.6 Å². The van der Waals surface area contributed by atoms with Gasteiger partial charge in [-0.2, -0.15) is 0 Å². The van der Waals surface area contributed by atoms with Crippen molar-refractivity contribution in [2.45, 2.75) is 81.9 Å². The van der Waals surface area contributed by atoms with Crippen LogP contribution < -0.4 is 15.8 Å². The van der Waals surface area contributed by atoms with Crippen LogP contribution in [-0.2, 0) is 14.8 Å². The van der Waals surface area contributed by atoms with Crippen molar-refractivity contribution >= 4 is 33.1 Å². The largest absolute Gasteiger partial charge is 0.447 e. The van der Waals surface area contributed by atoms with E-state index in [1.807, 2.05) is 13.8 Å². The van der Waals surface area contributed by atoms with E-state index >= 15 is 0 Å². The van der Waals surface area contributed by atoms with Gasteiger partial charge < -0.3 is 20.9 Å². The highest BCUT2D eigenvalue weighted by molar-refractivity contribution is 7.89. The van der Waals surface area contributed by atoms with E-state index in [0.29, 0.717) is 11.3 Å². The summed E-state index contributed by atoms with van der Waals surface area (Å²) in [6.07, 6.45) is 4.56.